The van der Waals surface area contributed by atoms with Crippen LogP contribution in [0.4, 0.5) is 0 Å². The monoisotopic (exact) mass is 236 g/mol. The first-order valence-corrected chi connectivity index (χ1v) is 6.41. The smallest absolute Gasteiger partial charge is 0.0935 e. The molecular weight excluding hydrogens is 220 g/mol. The van der Waals surface area contributed by atoms with Gasteiger partial charge in [0.2, 0.25) is 0 Å². The van der Waals surface area contributed by atoms with Crippen LogP contribution in [0, 0.1) is 0 Å². The number of rotatable bonds is 6. The minimum Gasteiger partial charge on any atom is -0.472 e. The van der Waals surface area contributed by atoms with Crippen molar-refractivity contribution >= 4 is 11.3 Å². The lowest BCUT2D eigenvalue weighted by Crippen LogP contribution is -2.23. The van der Waals surface area contributed by atoms with Gasteiger partial charge in [0.05, 0.1) is 18.0 Å². The highest BCUT2D eigenvalue weighted by Crippen LogP contribution is 2.21. The van der Waals surface area contributed by atoms with E-state index in [-0.39, 0.29) is 0 Å². The summed E-state index contributed by atoms with van der Waals surface area (Å²) in [5, 5.41) is 3.54. The van der Waals surface area contributed by atoms with Crippen molar-refractivity contribution in [2.75, 3.05) is 6.54 Å². The third-order valence-electron chi connectivity index (χ3n) is 2.46. The molecule has 2 aromatic heterocycles. The number of aromatic nitrogens is 1. The van der Waals surface area contributed by atoms with E-state index in [9.17, 15) is 0 Å². The molecule has 0 saturated carbocycles. The summed E-state index contributed by atoms with van der Waals surface area (Å²) < 4.78 is 5.10. The normalized spacial score (nSPS) is 12.8. The van der Waals surface area contributed by atoms with Crippen LogP contribution in [0.5, 0.6) is 0 Å². The maximum atomic E-state index is 5.10. The Bertz CT molecular complexity index is 383. The molecule has 2 heterocycles. The number of furan rings is 1. The van der Waals surface area contributed by atoms with Gasteiger partial charge in [0.15, 0.2) is 0 Å². The SMILES string of the molecule is CCCNC(Cc1ccoc1)c1cncs1. The molecule has 0 aromatic carbocycles. The van der Waals surface area contributed by atoms with Gasteiger partial charge in [0.25, 0.3) is 0 Å². The molecule has 0 aliphatic carbocycles. The molecule has 3 nitrogen and oxygen atoms in total. The van der Waals surface area contributed by atoms with Gasteiger partial charge in [-0.05, 0) is 31.0 Å². The Morgan fingerprint density at radius 3 is 3.12 bits per heavy atom. The fourth-order valence-corrected chi connectivity index (χ4v) is 2.33. The van der Waals surface area contributed by atoms with Crippen LogP contribution in [-0.4, -0.2) is 11.5 Å². The van der Waals surface area contributed by atoms with E-state index in [0.29, 0.717) is 6.04 Å². The second kappa shape index (κ2) is 5.82. The Balaban J connectivity index is 2.03. The maximum Gasteiger partial charge on any atom is 0.0935 e. The molecule has 0 radical (unpaired) electrons. The number of hydrogen-bond acceptors (Lipinski definition) is 4. The van der Waals surface area contributed by atoms with E-state index >= 15 is 0 Å². The van der Waals surface area contributed by atoms with Crippen molar-refractivity contribution < 1.29 is 4.42 Å². The zero-order valence-corrected chi connectivity index (χ0v) is 10.2. The highest BCUT2D eigenvalue weighted by atomic mass is 32.1. The molecule has 0 saturated heterocycles. The van der Waals surface area contributed by atoms with E-state index in [0.717, 1.165) is 19.4 Å². The van der Waals surface area contributed by atoms with E-state index in [1.54, 1.807) is 17.6 Å². The molecule has 16 heavy (non-hydrogen) atoms. The fraction of sp³-hybridized carbons (Fsp3) is 0.417. The third kappa shape index (κ3) is 2.93. The van der Waals surface area contributed by atoms with Gasteiger partial charge in [-0.15, -0.1) is 11.3 Å². The summed E-state index contributed by atoms with van der Waals surface area (Å²) >= 11 is 1.70. The number of hydrogen-bond donors (Lipinski definition) is 1. The van der Waals surface area contributed by atoms with Gasteiger partial charge in [0.1, 0.15) is 0 Å². The lowest BCUT2D eigenvalue weighted by Gasteiger charge is -2.15. The van der Waals surface area contributed by atoms with E-state index < -0.39 is 0 Å². The molecule has 1 N–H and O–H groups in total. The van der Waals surface area contributed by atoms with Gasteiger partial charge < -0.3 is 9.73 Å². The molecule has 0 spiro atoms. The molecule has 1 atom stereocenters. The van der Waals surface area contributed by atoms with Crippen molar-refractivity contribution in [3.05, 3.63) is 40.7 Å². The average molecular weight is 236 g/mol. The minimum absolute atomic E-state index is 0.352. The number of nitrogens with one attached hydrogen (secondary N) is 1. The van der Waals surface area contributed by atoms with Gasteiger partial charge in [0, 0.05) is 17.1 Å². The highest BCUT2D eigenvalue weighted by molar-refractivity contribution is 7.09. The topological polar surface area (TPSA) is 38.1 Å². The predicted molar refractivity (Wildman–Crippen MR) is 65.6 cm³/mol. The Hall–Kier alpha value is -1.13. The van der Waals surface area contributed by atoms with Crippen LogP contribution in [-0.2, 0) is 6.42 Å². The summed E-state index contributed by atoms with van der Waals surface area (Å²) in [6, 6.07) is 2.37. The van der Waals surface area contributed by atoms with Crippen LogP contribution >= 0.6 is 11.3 Å². The van der Waals surface area contributed by atoms with Gasteiger partial charge in [-0.25, -0.2) is 0 Å². The Morgan fingerprint density at radius 1 is 1.56 bits per heavy atom. The maximum absolute atomic E-state index is 5.10. The summed E-state index contributed by atoms with van der Waals surface area (Å²) in [4.78, 5) is 5.42. The largest absolute Gasteiger partial charge is 0.472 e. The second-order valence-electron chi connectivity index (χ2n) is 3.75. The summed E-state index contributed by atoms with van der Waals surface area (Å²) in [6.07, 6.45) is 7.57. The second-order valence-corrected chi connectivity index (χ2v) is 4.66. The summed E-state index contributed by atoms with van der Waals surface area (Å²) in [6.45, 7) is 3.20. The van der Waals surface area contributed by atoms with Crippen molar-refractivity contribution in [3.63, 3.8) is 0 Å². The quantitative estimate of drug-likeness (QED) is 0.837. The van der Waals surface area contributed by atoms with Gasteiger partial charge in [-0.3, -0.25) is 4.98 Å². The molecule has 0 bridgehead atoms. The molecule has 86 valence electrons. The van der Waals surface area contributed by atoms with E-state index in [1.807, 2.05) is 24.0 Å². The molecular formula is C12H16N2OS. The number of thiazole rings is 1. The number of nitrogens with zero attached hydrogens (tertiary/aromatic N) is 1. The van der Waals surface area contributed by atoms with E-state index in [1.165, 1.54) is 10.4 Å². The van der Waals surface area contributed by atoms with Crippen molar-refractivity contribution in [1.82, 2.24) is 10.3 Å². The summed E-state index contributed by atoms with van der Waals surface area (Å²) in [7, 11) is 0. The van der Waals surface area contributed by atoms with Crippen LogP contribution in [0.15, 0.2) is 34.7 Å². The summed E-state index contributed by atoms with van der Waals surface area (Å²) in [5.74, 6) is 0. The zero-order chi connectivity index (χ0) is 11.2. The average Bonchev–Trinajstić information content (AvgIpc) is 2.96. The lowest BCUT2D eigenvalue weighted by atomic mass is 10.1. The first kappa shape index (κ1) is 11.4. The van der Waals surface area contributed by atoms with Crippen molar-refractivity contribution in [2.24, 2.45) is 0 Å². The van der Waals surface area contributed by atoms with Crippen molar-refractivity contribution in [3.8, 4) is 0 Å². The Labute approximate surface area is 99.5 Å². The minimum atomic E-state index is 0.352. The first-order chi connectivity index (χ1) is 7.90. The molecule has 0 aliphatic rings. The lowest BCUT2D eigenvalue weighted by molar-refractivity contribution is 0.526. The molecule has 2 aromatic rings. The van der Waals surface area contributed by atoms with Crippen LogP contribution in [0.25, 0.3) is 0 Å². The van der Waals surface area contributed by atoms with Gasteiger partial charge >= 0.3 is 0 Å². The van der Waals surface area contributed by atoms with Crippen LogP contribution in [0.1, 0.15) is 29.8 Å². The zero-order valence-electron chi connectivity index (χ0n) is 9.35. The summed E-state index contributed by atoms with van der Waals surface area (Å²) in [5.41, 5.74) is 3.10. The van der Waals surface area contributed by atoms with Crippen LogP contribution < -0.4 is 5.32 Å². The molecule has 1 unspecified atom stereocenters. The molecule has 0 aliphatic heterocycles. The van der Waals surface area contributed by atoms with Crippen molar-refractivity contribution in [1.29, 1.82) is 0 Å². The van der Waals surface area contributed by atoms with Crippen LogP contribution in [0.3, 0.4) is 0 Å². The highest BCUT2D eigenvalue weighted by Gasteiger charge is 2.13. The first-order valence-electron chi connectivity index (χ1n) is 5.53. The van der Waals surface area contributed by atoms with E-state index in [2.05, 4.69) is 17.2 Å². The van der Waals surface area contributed by atoms with Crippen molar-refractivity contribution in [2.45, 2.75) is 25.8 Å². The standard InChI is InChI=1S/C12H16N2OS/c1-2-4-14-11(12-7-13-9-16-12)6-10-3-5-15-8-10/h3,5,7-9,11,14H,2,4,6H2,1H3. The molecule has 2 rings (SSSR count). The molecule has 4 heteroatoms. The van der Waals surface area contributed by atoms with Gasteiger partial charge in [-0.1, -0.05) is 6.92 Å². The molecule has 0 fully saturated rings. The fourth-order valence-electron chi connectivity index (χ4n) is 1.63. The molecule has 0 amide bonds. The van der Waals surface area contributed by atoms with E-state index in [4.69, 9.17) is 4.42 Å². The third-order valence-corrected chi connectivity index (χ3v) is 3.34. The van der Waals surface area contributed by atoms with Gasteiger partial charge in [-0.2, -0.15) is 0 Å². The van der Waals surface area contributed by atoms with Crippen LogP contribution in [0.2, 0.25) is 0 Å². The predicted octanol–water partition coefficient (Wildman–Crippen LogP) is 3.02. The Kier molecular flexibility index (Phi) is 4.13. The Morgan fingerprint density at radius 2 is 2.50 bits per heavy atom.